The normalized spacial score (nSPS) is 20.0. The fraction of sp³-hybridized carbons (Fsp3) is 0.900. The first-order valence-corrected chi connectivity index (χ1v) is 7.65. The molecule has 0 bridgehead atoms. The summed E-state index contributed by atoms with van der Waals surface area (Å²) in [6.07, 6.45) is 3.73. The molecule has 1 rings (SSSR count). The Hall–Kier alpha value is -0.290. The van der Waals surface area contributed by atoms with Crippen molar-refractivity contribution in [3.8, 4) is 0 Å². The molecule has 1 amide bonds. The summed E-state index contributed by atoms with van der Waals surface area (Å²) in [7, 11) is -3.42. The van der Waals surface area contributed by atoms with Gasteiger partial charge in [-0.2, -0.15) is 0 Å². The van der Waals surface area contributed by atoms with Crippen LogP contribution in [-0.2, 0) is 14.6 Å². The van der Waals surface area contributed by atoms with Crippen molar-refractivity contribution in [3.05, 3.63) is 0 Å². The van der Waals surface area contributed by atoms with Crippen molar-refractivity contribution in [2.45, 2.75) is 43.4 Å². The van der Waals surface area contributed by atoms with Crippen LogP contribution in [0.1, 0.15) is 33.1 Å². The average Bonchev–Trinajstić information content (AvgIpc) is 2.08. The molecule has 6 heteroatoms. The largest absolute Gasteiger partial charge is 0.348 e. The number of carbonyl (C=O) groups is 1. The summed E-state index contributed by atoms with van der Waals surface area (Å²) in [6.45, 7) is 2.83. The first-order valence-electron chi connectivity index (χ1n) is 5.23. The van der Waals surface area contributed by atoms with Crippen LogP contribution in [-0.4, -0.2) is 36.7 Å². The van der Waals surface area contributed by atoms with Gasteiger partial charge in [0.05, 0.1) is 5.54 Å². The number of hydrogen-bond donors (Lipinski definition) is 1. The fourth-order valence-electron chi connectivity index (χ4n) is 1.46. The number of hydrogen-bond acceptors (Lipinski definition) is 3. The van der Waals surface area contributed by atoms with Gasteiger partial charge in [0.25, 0.3) is 0 Å². The van der Waals surface area contributed by atoms with E-state index in [0.29, 0.717) is 5.88 Å². The zero-order chi connectivity index (χ0) is 12.6. The Bertz CT molecular complexity index is 379. The van der Waals surface area contributed by atoms with Crippen LogP contribution in [0, 0.1) is 0 Å². The minimum atomic E-state index is -3.42. The zero-order valence-electron chi connectivity index (χ0n) is 9.84. The lowest BCUT2D eigenvalue weighted by Crippen LogP contribution is -2.60. The average molecular weight is 268 g/mol. The molecule has 16 heavy (non-hydrogen) atoms. The predicted molar refractivity (Wildman–Crippen MR) is 64.4 cm³/mol. The third-order valence-electron chi connectivity index (χ3n) is 3.42. The monoisotopic (exact) mass is 267 g/mol. The quantitative estimate of drug-likeness (QED) is 0.776. The Labute approximate surface area is 102 Å². The molecule has 0 atom stereocenters. The molecule has 0 unspecified atom stereocenters. The maximum Gasteiger partial charge on any atom is 0.241 e. The Morgan fingerprint density at radius 1 is 1.44 bits per heavy atom. The van der Waals surface area contributed by atoms with E-state index in [-0.39, 0.29) is 5.54 Å². The van der Waals surface area contributed by atoms with Gasteiger partial charge in [-0.05, 0) is 33.1 Å². The molecule has 1 fully saturated rings. The van der Waals surface area contributed by atoms with E-state index < -0.39 is 20.5 Å². The molecule has 0 spiro atoms. The summed E-state index contributed by atoms with van der Waals surface area (Å²) >= 11 is 5.80. The predicted octanol–water partition coefficient (Wildman–Crippen LogP) is 1.09. The number of nitrogens with one attached hydrogen (secondary N) is 1. The fourth-order valence-corrected chi connectivity index (χ4v) is 2.18. The van der Waals surface area contributed by atoms with Crippen molar-refractivity contribution in [3.63, 3.8) is 0 Å². The maximum atomic E-state index is 11.9. The Morgan fingerprint density at radius 3 is 2.19 bits per heavy atom. The van der Waals surface area contributed by atoms with Crippen molar-refractivity contribution >= 4 is 27.3 Å². The van der Waals surface area contributed by atoms with E-state index in [4.69, 9.17) is 11.6 Å². The molecular formula is C10H18ClNO3S. The minimum Gasteiger partial charge on any atom is -0.348 e. The highest BCUT2D eigenvalue weighted by Crippen LogP contribution is 2.33. The van der Waals surface area contributed by atoms with Crippen molar-refractivity contribution in [1.82, 2.24) is 5.32 Å². The second kappa shape index (κ2) is 4.18. The van der Waals surface area contributed by atoms with Crippen molar-refractivity contribution in [2.75, 3.05) is 12.1 Å². The van der Waals surface area contributed by atoms with Gasteiger partial charge in [-0.25, -0.2) is 8.42 Å². The summed E-state index contributed by atoms with van der Waals surface area (Å²) in [6, 6.07) is 0. The lowest BCUT2D eigenvalue weighted by atomic mass is 9.78. The first kappa shape index (κ1) is 13.8. The molecule has 0 aromatic carbocycles. The lowest BCUT2D eigenvalue weighted by Gasteiger charge is -2.42. The van der Waals surface area contributed by atoms with Crippen LogP contribution in [0.15, 0.2) is 0 Å². The van der Waals surface area contributed by atoms with Gasteiger partial charge in [0.15, 0.2) is 9.84 Å². The van der Waals surface area contributed by atoms with Gasteiger partial charge in [-0.15, -0.1) is 11.6 Å². The molecule has 0 aromatic rings. The molecule has 0 radical (unpaired) electrons. The van der Waals surface area contributed by atoms with E-state index in [0.717, 1.165) is 25.5 Å². The Kier molecular flexibility index (Phi) is 3.60. The second-order valence-electron chi connectivity index (χ2n) is 5.00. The third-order valence-corrected chi connectivity index (χ3v) is 5.97. The molecule has 94 valence electrons. The standard InChI is InChI=1S/C10H18ClNO3S/c1-9(2,16(3,14)15)8(13)12-10(7-11)5-4-6-10/h4-7H2,1-3H3,(H,12,13). The van der Waals surface area contributed by atoms with Crippen LogP contribution in [0.5, 0.6) is 0 Å². The number of alkyl halides is 1. The van der Waals surface area contributed by atoms with E-state index in [9.17, 15) is 13.2 Å². The van der Waals surface area contributed by atoms with E-state index in [1.807, 2.05) is 0 Å². The van der Waals surface area contributed by atoms with E-state index in [1.165, 1.54) is 13.8 Å². The van der Waals surface area contributed by atoms with Gasteiger partial charge < -0.3 is 5.32 Å². The third kappa shape index (κ3) is 2.35. The SMILES string of the molecule is CC(C)(C(=O)NC1(CCl)CCC1)S(C)(=O)=O. The number of amides is 1. The van der Waals surface area contributed by atoms with Crippen molar-refractivity contribution < 1.29 is 13.2 Å². The molecule has 1 aliphatic carbocycles. The number of rotatable bonds is 4. The summed E-state index contributed by atoms with van der Waals surface area (Å²) in [5, 5.41) is 2.78. The van der Waals surface area contributed by atoms with Crippen molar-refractivity contribution in [2.24, 2.45) is 0 Å². The lowest BCUT2D eigenvalue weighted by molar-refractivity contribution is -0.125. The highest BCUT2D eigenvalue weighted by molar-refractivity contribution is 7.92. The van der Waals surface area contributed by atoms with Gasteiger partial charge in [0.1, 0.15) is 4.75 Å². The summed E-state index contributed by atoms with van der Waals surface area (Å²) in [5.74, 6) is -0.131. The second-order valence-corrected chi connectivity index (χ2v) is 7.84. The topological polar surface area (TPSA) is 63.2 Å². The van der Waals surface area contributed by atoms with Gasteiger partial charge in [0.2, 0.25) is 5.91 Å². The number of halogens is 1. The van der Waals surface area contributed by atoms with Crippen LogP contribution < -0.4 is 5.32 Å². The molecule has 0 saturated heterocycles. The minimum absolute atomic E-state index is 0.332. The molecule has 1 N–H and O–H groups in total. The molecule has 0 heterocycles. The molecule has 1 saturated carbocycles. The molecule has 0 aliphatic heterocycles. The van der Waals surface area contributed by atoms with Crippen LogP contribution in [0.3, 0.4) is 0 Å². The van der Waals surface area contributed by atoms with Crippen LogP contribution in [0.25, 0.3) is 0 Å². The maximum absolute atomic E-state index is 11.9. The molecular weight excluding hydrogens is 250 g/mol. The smallest absolute Gasteiger partial charge is 0.241 e. The number of carbonyl (C=O) groups excluding carboxylic acids is 1. The zero-order valence-corrected chi connectivity index (χ0v) is 11.4. The highest BCUT2D eigenvalue weighted by Gasteiger charge is 2.44. The summed E-state index contributed by atoms with van der Waals surface area (Å²) < 4.78 is 21.6. The summed E-state index contributed by atoms with van der Waals surface area (Å²) in [5.41, 5.74) is -0.388. The highest BCUT2D eigenvalue weighted by atomic mass is 35.5. The van der Waals surface area contributed by atoms with E-state index in [1.54, 1.807) is 0 Å². The number of sulfone groups is 1. The van der Waals surface area contributed by atoms with Gasteiger partial charge >= 0.3 is 0 Å². The Balaban J connectivity index is 2.80. The van der Waals surface area contributed by atoms with E-state index >= 15 is 0 Å². The van der Waals surface area contributed by atoms with Gasteiger partial charge in [-0.3, -0.25) is 4.79 Å². The first-order chi connectivity index (χ1) is 7.15. The van der Waals surface area contributed by atoms with Gasteiger partial charge in [0, 0.05) is 12.1 Å². The molecule has 4 nitrogen and oxygen atoms in total. The Morgan fingerprint density at radius 2 is 1.94 bits per heavy atom. The van der Waals surface area contributed by atoms with Gasteiger partial charge in [-0.1, -0.05) is 0 Å². The van der Waals surface area contributed by atoms with Crippen molar-refractivity contribution in [1.29, 1.82) is 0 Å². The molecule has 1 aliphatic rings. The van der Waals surface area contributed by atoms with Crippen LogP contribution in [0.2, 0.25) is 0 Å². The van der Waals surface area contributed by atoms with Crippen LogP contribution >= 0.6 is 11.6 Å². The summed E-state index contributed by atoms with van der Waals surface area (Å²) in [4.78, 5) is 11.9. The van der Waals surface area contributed by atoms with Crippen LogP contribution in [0.4, 0.5) is 0 Å². The van der Waals surface area contributed by atoms with E-state index in [2.05, 4.69) is 5.32 Å². The molecule has 0 aromatic heterocycles.